The zero-order valence-electron chi connectivity index (χ0n) is 10.6. The van der Waals surface area contributed by atoms with E-state index in [9.17, 15) is 4.79 Å². The van der Waals surface area contributed by atoms with Crippen LogP contribution in [0.4, 0.5) is 0 Å². The fourth-order valence-corrected chi connectivity index (χ4v) is 1.48. The normalized spacial score (nSPS) is 10.6. The third-order valence-corrected chi connectivity index (χ3v) is 2.49. The van der Waals surface area contributed by atoms with Crippen molar-refractivity contribution in [3.8, 4) is 0 Å². The van der Waals surface area contributed by atoms with Gasteiger partial charge >= 0.3 is 0 Å². The number of nitrogens with one attached hydrogen (secondary N) is 1. The third kappa shape index (κ3) is 4.95. The maximum Gasteiger partial charge on any atom is 0.251 e. The van der Waals surface area contributed by atoms with Crippen molar-refractivity contribution in [1.29, 1.82) is 0 Å². The lowest BCUT2D eigenvalue weighted by molar-refractivity contribution is 0.0952. The van der Waals surface area contributed by atoms with Crippen LogP contribution in [0.1, 0.15) is 36.3 Å². The smallest absolute Gasteiger partial charge is 0.251 e. The Hall–Kier alpha value is -1.42. The Morgan fingerprint density at radius 1 is 1.53 bits per heavy atom. The molecule has 0 saturated carbocycles. The average Bonchev–Trinajstić information content (AvgIpc) is 2.29. The van der Waals surface area contributed by atoms with E-state index in [-0.39, 0.29) is 5.91 Å². The van der Waals surface area contributed by atoms with E-state index in [0.717, 1.165) is 12.1 Å². The van der Waals surface area contributed by atoms with Gasteiger partial charge in [-0.1, -0.05) is 13.8 Å². The molecule has 0 aromatic carbocycles. The van der Waals surface area contributed by atoms with E-state index >= 15 is 0 Å². The number of carbonyl (C=O) groups excluding carboxylic acids is 1. The summed E-state index contributed by atoms with van der Waals surface area (Å²) in [7, 11) is 0. The highest BCUT2D eigenvalue weighted by molar-refractivity contribution is 5.94. The van der Waals surface area contributed by atoms with Gasteiger partial charge in [-0.25, -0.2) is 0 Å². The molecule has 0 aliphatic rings. The summed E-state index contributed by atoms with van der Waals surface area (Å²) in [6.07, 6.45) is 3.35. The van der Waals surface area contributed by atoms with E-state index in [1.807, 2.05) is 0 Å². The monoisotopic (exact) mass is 235 g/mol. The number of hydrogen-bond acceptors (Lipinski definition) is 3. The molecule has 0 unspecified atom stereocenters. The molecule has 94 valence electrons. The van der Waals surface area contributed by atoms with Crippen LogP contribution in [0.3, 0.4) is 0 Å². The molecule has 4 heteroatoms. The van der Waals surface area contributed by atoms with E-state index in [1.165, 1.54) is 0 Å². The minimum absolute atomic E-state index is 0.0358. The van der Waals surface area contributed by atoms with Gasteiger partial charge < -0.3 is 11.1 Å². The van der Waals surface area contributed by atoms with Crippen LogP contribution in [0.25, 0.3) is 0 Å². The molecule has 1 heterocycles. The number of nitrogens with zero attached hydrogens (tertiary/aromatic N) is 1. The van der Waals surface area contributed by atoms with Gasteiger partial charge in [-0.05, 0) is 31.0 Å². The van der Waals surface area contributed by atoms with E-state index in [4.69, 9.17) is 5.73 Å². The minimum Gasteiger partial charge on any atom is -0.352 e. The molecule has 1 aromatic heterocycles. The Morgan fingerprint density at radius 3 is 2.94 bits per heavy atom. The largest absolute Gasteiger partial charge is 0.352 e. The van der Waals surface area contributed by atoms with Gasteiger partial charge in [0.15, 0.2) is 0 Å². The number of pyridine rings is 1. The highest BCUT2D eigenvalue weighted by atomic mass is 16.1. The molecule has 0 bridgehead atoms. The van der Waals surface area contributed by atoms with Crippen molar-refractivity contribution >= 4 is 5.91 Å². The lowest BCUT2D eigenvalue weighted by Crippen LogP contribution is -2.25. The molecule has 0 spiro atoms. The average molecular weight is 235 g/mol. The van der Waals surface area contributed by atoms with Crippen molar-refractivity contribution < 1.29 is 4.79 Å². The fraction of sp³-hybridized carbons (Fsp3) is 0.538. The van der Waals surface area contributed by atoms with Crippen LogP contribution < -0.4 is 11.1 Å². The Bertz CT molecular complexity index is 363. The molecular formula is C13H21N3O. The lowest BCUT2D eigenvalue weighted by Gasteiger charge is -2.07. The molecule has 0 saturated heterocycles. The molecule has 4 nitrogen and oxygen atoms in total. The van der Waals surface area contributed by atoms with Crippen molar-refractivity contribution in [1.82, 2.24) is 10.3 Å². The van der Waals surface area contributed by atoms with Gasteiger partial charge in [-0.15, -0.1) is 0 Å². The topological polar surface area (TPSA) is 68.0 Å². The zero-order chi connectivity index (χ0) is 12.7. The number of carbonyl (C=O) groups is 1. The Kier molecular flexibility index (Phi) is 5.63. The molecule has 0 fully saturated rings. The first kappa shape index (κ1) is 13.6. The van der Waals surface area contributed by atoms with Crippen LogP contribution in [0.5, 0.6) is 0 Å². The third-order valence-electron chi connectivity index (χ3n) is 2.49. The summed E-state index contributed by atoms with van der Waals surface area (Å²) in [5.74, 6) is 0.562. The predicted octanol–water partition coefficient (Wildman–Crippen LogP) is 1.36. The van der Waals surface area contributed by atoms with Gasteiger partial charge in [0.1, 0.15) is 0 Å². The summed E-state index contributed by atoms with van der Waals surface area (Å²) >= 11 is 0. The summed E-state index contributed by atoms with van der Waals surface area (Å²) in [5.41, 5.74) is 6.98. The molecule has 1 aromatic rings. The highest BCUT2D eigenvalue weighted by Gasteiger charge is 2.06. The first-order chi connectivity index (χ1) is 8.13. The summed E-state index contributed by atoms with van der Waals surface area (Å²) in [4.78, 5) is 16.0. The number of amides is 1. The van der Waals surface area contributed by atoms with Gasteiger partial charge in [-0.2, -0.15) is 0 Å². The number of nitrogens with two attached hydrogens (primary N) is 1. The molecule has 17 heavy (non-hydrogen) atoms. The highest BCUT2D eigenvalue weighted by Crippen LogP contribution is 2.03. The van der Waals surface area contributed by atoms with Crippen molar-refractivity contribution in [3.63, 3.8) is 0 Å². The predicted molar refractivity (Wildman–Crippen MR) is 68.8 cm³/mol. The molecule has 0 atom stereocenters. The van der Waals surface area contributed by atoms with Crippen LogP contribution in [0.2, 0.25) is 0 Å². The first-order valence-electron chi connectivity index (χ1n) is 6.06. The molecule has 1 rings (SSSR count). The maximum atomic E-state index is 11.8. The SMILES string of the molecule is CC(C)CCNC(=O)c1ccnc(CCN)c1. The van der Waals surface area contributed by atoms with Crippen molar-refractivity contribution in [2.45, 2.75) is 26.7 Å². The summed E-state index contributed by atoms with van der Waals surface area (Å²) in [6.45, 7) is 5.53. The van der Waals surface area contributed by atoms with Gasteiger partial charge in [0.25, 0.3) is 5.91 Å². The van der Waals surface area contributed by atoms with E-state index < -0.39 is 0 Å². The van der Waals surface area contributed by atoms with Crippen molar-refractivity contribution in [2.75, 3.05) is 13.1 Å². The molecule has 3 N–H and O–H groups in total. The Morgan fingerprint density at radius 2 is 2.29 bits per heavy atom. The van der Waals surface area contributed by atoms with Gasteiger partial charge in [-0.3, -0.25) is 9.78 Å². The second-order valence-electron chi connectivity index (χ2n) is 4.51. The second-order valence-corrected chi connectivity index (χ2v) is 4.51. The minimum atomic E-state index is -0.0358. The lowest BCUT2D eigenvalue weighted by atomic mass is 10.1. The Labute approximate surface area is 103 Å². The second kappa shape index (κ2) is 7.01. The van der Waals surface area contributed by atoms with E-state index in [1.54, 1.807) is 18.3 Å². The Balaban J connectivity index is 2.53. The fourth-order valence-electron chi connectivity index (χ4n) is 1.48. The maximum absolute atomic E-state index is 11.8. The van der Waals surface area contributed by atoms with E-state index in [2.05, 4.69) is 24.1 Å². The number of hydrogen-bond donors (Lipinski definition) is 2. The summed E-state index contributed by atoms with van der Waals surface area (Å²) < 4.78 is 0. The van der Waals surface area contributed by atoms with E-state index in [0.29, 0.717) is 31.0 Å². The zero-order valence-corrected chi connectivity index (χ0v) is 10.6. The van der Waals surface area contributed by atoms with Crippen LogP contribution in [-0.2, 0) is 6.42 Å². The van der Waals surface area contributed by atoms with Gasteiger partial charge in [0.2, 0.25) is 0 Å². The van der Waals surface area contributed by atoms with Crippen LogP contribution in [-0.4, -0.2) is 24.0 Å². The van der Waals surface area contributed by atoms with Crippen LogP contribution >= 0.6 is 0 Å². The molecule has 1 amide bonds. The van der Waals surface area contributed by atoms with Crippen molar-refractivity contribution in [3.05, 3.63) is 29.6 Å². The molecule has 0 aliphatic carbocycles. The summed E-state index contributed by atoms with van der Waals surface area (Å²) in [6, 6.07) is 3.53. The number of aromatic nitrogens is 1. The molecular weight excluding hydrogens is 214 g/mol. The summed E-state index contributed by atoms with van der Waals surface area (Å²) in [5, 5.41) is 2.90. The molecule has 0 aliphatic heterocycles. The van der Waals surface area contributed by atoms with Gasteiger partial charge in [0.05, 0.1) is 0 Å². The van der Waals surface area contributed by atoms with Crippen LogP contribution in [0, 0.1) is 5.92 Å². The van der Waals surface area contributed by atoms with Crippen molar-refractivity contribution in [2.24, 2.45) is 11.7 Å². The standard InChI is InChI=1S/C13H21N3O/c1-10(2)4-7-16-13(17)11-5-8-15-12(9-11)3-6-14/h5,8-10H,3-4,6-7,14H2,1-2H3,(H,16,17). The number of rotatable bonds is 6. The first-order valence-corrected chi connectivity index (χ1v) is 6.06. The van der Waals surface area contributed by atoms with Crippen LogP contribution in [0.15, 0.2) is 18.3 Å². The van der Waals surface area contributed by atoms with Gasteiger partial charge in [0, 0.05) is 30.4 Å². The quantitative estimate of drug-likeness (QED) is 0.782. The molecule has 0 radical (unpaired) electrons.